The van der Waals surface area contributed by atoms with Crippen LogP contribution in [0.1, 0.15) is 32.6 Å². The van der Waals surface area contributed by atoms with Crippen LogP contribution in [-0.4, -0.2) is 36.7 Å². The van der Waals surface area contributed by atoms with Crippen molar-refractivity contribution in [2.24, 2.45) is 23.5 Å². The van der Waals surface area contributed by atoms with Crippen LogP contribution in [0.2, 0.25) is 0 Å². The highest BCUT2D eigenvalue weighted by Crippen LogP contribution is 2.37. The molecule has 3 aliphatic rings. The van der Waals surface area contributed by atoms with E-state index >= 15 is 0 Å². The first-order valence-electron chi connectivity index (χ1n) is 6.99. The molecule has 2 aliphatic heterocycles. The first kappa shape index (κ1) is 11.0. The van der Waals surface area contributed by atoms with E-state index in [1.54, 1.807) is 0 Å². The maximum absolute atomic E-state index is 6.55. The van der Waals surface area contributed by atoms with Gasteiger partial charge in [0.15, 0.2) is 0 Å². The van der Waals surface area contributed by atoms with Crippen LogP contribution >= 0.6 is 0 Å². The van der Waals surface area contributed by atoms with E-state index in [0.717, 1.165) is 23.8 Å². The van der Waals surface area contributed by atoms with E-state index in [2.05, 4.69) is 24.2 Å². The Morgan fingerprint density at radius 1 is 1.19 bits per heavy atom. The van der Waals surface area contributed by atoms with E-state index in [-0.39, 0.29) is 0 Å². The number of hydrogen-bond donors (Lipinski definition) is 2. The van der Waals surface area contributed by atoms with Gasteiger partial charge in [0.2, 0.25) is 0 Å². The Morgan fingerprint density at radius 3 is 2.81 bits per heavy atom. The lowest BCUT2D eigenvalue weighted by molar-refractivity contribution is -0.764. The van der Waals surface area contributed by atoms with Crippen LogP contribution in [0.4, 0.5) is 0 Å². The lowest BCUT2D eigenvalue weighted by Crippen LogP contribution is -3.03. The van der Waals surface area contributed by atoms with Gasteiger partial charge in [-0.05, 0) is 26.3 Å². The summed E-state index contributed by atoms with van der Waals surface area (Å²) in [4.78, 5) is 2.52. The first-order valence-corrected chi connectivity index (χ1v) is 6.99. The van der Waals surface area contributed by atoms with Gasteiger partial charge in [-0.2, -0.15) is 0 Å². The van der Waals surface area contributed by atoms with E-state index < -0.39 is 0 Å². The molecule has 16 heavy (non-hydrogen) atoms. The van der Waals surface area contributed by atoms with E-state index in [9.17, 15) is 0 Å². The third-order valence-corrected chi connectivity index (χ3v) is 5.52. The Bertz CT molecular complexity index is 268. The highest BCUT2D eigenvalue weighted by molar-refractivity contribution is 4.97. The zero-order valence-electron chi connectivity index (χ0n) is 10.6. The molecule has 3 nitrogen and oxygen atoms in total. The van der Waals surface area contributed by atoms with E-state index in [1.165, 1.54) is 32.2 Å². The van der Waals surface area contributed by atoms with E-state index in [0.29, 0.717) is 12.2 Å². The molecule has 0 bridgehead atoms. The van der Waals surface area contributed by atoms with Gasteiger partial charge in [0.1, 0.15) is 6.17 Å². The monoisotopic (exact) mass is 224 g/mol. The van der Waals surface area contributed by atoms with Crippen molar-refractivity contribution in [2.75, 3.05) is 13.6 Å². The highest BCUT2D eigenvalue weighted by Gasteiger charge is 2.52. The fraction of sp³-hybridized carbons (Fsp3) is 1.00. The Kier molecular flexibility index (Phi) is 2.73. The van der Waals surface area contributed by atoms with Gasteiger partial charge < -0.3 is 11.1 Å². The molecule has 0 aromatic heterocycles. The summed E-state index contributed by atoms with van der Waals surface area (Å²) in [6.45, 7) is 3.67. The summed E-state index contributed by atoms with van der Waals surface area (Å²) in [5.41, 5.74) is 6.55. The lowest BCUT2D eigenvalue weighted by atomic mass is 9.68. The maximum atomic E-state index is 6.55. The number of quaternary nitrogens is 1. The smallest absolute Gasteiger partial charge is 0.146 e. The summed E-state index contributed by atoms with van der Waals surface area (Å²) >= 11 is 0. The molecular formula is C13H26N3+. The van der Waals surface area contributed by atoms with Gasteiger partial charge in [-0.3, -0.25) is 4.90 Å². The molecule has 3 fully saturated rings. The number of nitrogens with two attached hydrogens (primary N) is 2. The van der Waals surface area contributed by atoms with Crippen molar-refractivity contribution in [3.8, 4) is 0 Å². The van der Waals surface area contributed by atoms with Gasteiger partial charge in [0, 0.05) is 30.3 Å². The van der Waals surface area contributed by atoms with E-state index in [4.69, 9.17) is 5.73 Å². The predicted molar refractivity (Wildman–Crippen MR) is 64.7 cm³/mol. The van der Waals surface area contributed by atoms with Crippen LogP contribution in [-0.2, 0) is 0 Å². The van der Waals surface area contributed by atoms with Gasteiger partial charge in [-0.15, -0.1) is 0 Å². The van der Waals surface area contributed by atoms with Crippen LogP contribution in [0.5, 0.6) is 0 Å². The summed E-state index contributed by atoms with van der Waals surface area (Å²) in [5.74, 6) is 2.40. The van der Waals surface area contributed by atoms with Gasteiger partial charge in [0.05, 0.1) is 6.04 Å². The first-order chi connectivity index (χ1) is 7.68. The zero-order valence-corrected chi connectivity index (χ0v) is 10.6. The summed E-state index contributed by atoms with van der Waals surface area (Å²) in [6, 6.07) is 1.26. The number of rotatable bonds is 0. The molecule has 0 amide bonds. The molecule has 3 rings (SSSR count). The van der Waals surface area contributed by atoms with Crippen LogP contribution in [0, 0.1) is 17.8 Å². The normalized spacial score (nSPS) is 53.4. The number of piperidine rings is 1. The molecule has 2 heterocycles. The summed E-state index contributed by atoms with van der Waals surface area (Å²) < 4.78 is 0. The molecule has 0 aromatic rings. The Hall–Kier alpha value is -0.120. The van der Waals surface area contributed by atoms with Crippen LogP contribution in [0.15, 0.2) is 0 Å². The zero-order chi connectivity index (χ0) is 11.3. The fourth-order valence-corrected chi connectivity index (χ4v) is 4.52. The molecule has 1 aliphatic carbocycles. The fourth-order valence-electron chi connectivity index (χ4n) is 4.52. The van der Waals surface area contributed by atoms with Crippen molar-refractivity contribution < 1.29 is 5.32 Å². The summed E-state index contributed by atoms with van der Waals surface area (Å²) in [5, 5.41) is 2.66. The number of hydrogen-bond acceptors (Lipinski definition) is 2. The number of nitrogens with zero attached hydrogens (tertiary/aromatic N) is 1. The quantitative estimate of drug-likeness (QED) is 0.607. The second-order valence-electron chi connectivity index (χ2n) is 6.34. The van der Waals surface area contributed by atoms with Gasteiger partial charge in [0.25, 0.3) is 0 Å². The Morgan fingerprint density at radius 2 is 2.00 bits per heavy atom. The molecule has 0 radical (unpaired) electrons. The molecule has 4 N–H and O–H groups in total. The Balaban J connectivity index is 1.83. The average Bonchev–Trinajstić information content (AvgIpc) is 2.63. The predicted octanol–water partition coefficient (Wildman–Crippen LogP) is -0.0267. The third kappa shape index (κ3) is 1.52. The lowest BCUT2D eigenvalue weighted by Gasteiger charge is -2.47. The minimum Gasteiger partial charge on any atom is -0.328 e. The van der Waals surface area contributed by atoms with Gasteiger partial charge in [-0.1, -0.05) is 13.3 Å². The van der Waals surface area contributed by atoms with E-state index in [1.807, 2.05) is 0 Å². The topological polar surface area (TPSA) is 45.9 Å². The van der Waals surface area contributed by atoms with Crippen molar-refractivity contribution in [3.63, 3.8) is 0 Å². The standard InChI is InChI=1S/C13H25N3/c1-8-4-3-5-9-11(14)10-6-7-16(2)13(10)15-12(8)9/h8-13,15H,3-7,14H2,1-2H3/p+1. The third-order valence-electron chi connectivity index (χ3n) is 5.52. The second-order valence-corrected chi connectivity index (χ2v) is 6.34. The van der Waals surface area contributed by atoms with Crippen molar-refractivity contribution >= 4 is 0 Å². The number of fused-ring (bicyclic) bond motifs is 2. The average molecular weight is 224 g/mol. The largest absolute Gasteiger partial charge is 0.328 e. The Labute approximate surface area is 98.8 Å². The van der Waals surface area contributed by atoms with Gasteiger partial charge >= 0.3 is 0 Å². The van der Waals surface area contributed by atoms with Crippen molar-refractivity contribution in [1.82, 2.24) is 4.90 Å². The molecule has 0 spiro atoms. The van der Waals surface area contributed by atoms with Crippen LogP contribution < -0.4 is 11.1 Å². The summed E-state index contributed by atoms with van der Waals surface area (Å²) in [7, 11) is 2.27. The minimum absolute atomic E-state index is 0.465. The van der Waals surface area contributed by atoms with Crippen molar-refractivity contribution in [3.05, 3.63) is 0 Å². The molecule has 6 unspecified atom stereocenters. The summed E-state index contributed by atoms with van der Waals surface area (Å²) in [6.07, 6.45) is 6.18. The molecule has 92 valence electrons. The second kappa shape index (κ2) is 3.97. The molecular weight excluding hydrogens is 198 g/mol. The van der Waals surface area contributed by atoms with Gasteiger partial charge in [-0.25, -0.2) is 0 Å². The number of likely N-dealkylation sites (tertiary alicyclic amines) is 1. The van der Waals surface area contributed by atoms with Crippen LogP contribution in [0.3, 0.4) is 0 Å². The molecule has 3 heteroatoms. The molecule has 0 aromatic carbocycles. The molecule has 1 saturated carbocycles. The maximum Gasteiger partial charge on any atom is 0.146 e. The molecule has 6 atom stereocenters. The SMILES string of the molecule is CC1CCCC2C(N)C3CCN(C)C3[NH2+]C12. The van der Waals surface area contributed by atoms with Crippen molar-refractivity contribution in [2.45, 2.75) is 50.9 Å². The molecule has 2 saturated heterocycles. The minimum atomic E-state index is 0.465. The van der Waals surface area contributed by atoms with Crippen LogP contribution in [0.25, 0.3) is 0 Å². The highest BCUT2D eigenvalue weighted by atomic mass is 15.3. The van der Waals surface area contributed by atoms with Crippen molar-refractivity contribution in [1.29, 1.82) is 0 Å².